The third-order valence-electron chi connectivity index (χ3n) is 8.12. The van der Waals surface area contributed by atoms with Gasteiger partial charge >= 0.3 is 0 Å². The molecular weight excluding hydrogens is 288 g/mol. The summed E-state index contributed by atoms with van der Waals surface area (Å²) in [5, 5.41) is 19.7. The lowest BCUT2D eigenvalue weighted by molar-refractivity contribution is -0.128. The van der Waals surface area contributed by atoms with Gasteiger partial charge in [-0.05, 0) is 100 Å². The largest absolute Gasteiger partial charge is 0.390 e. The molecule has 0 aliphatic heterocycles. The molecule has 8 atom stereocenters. The molecule has 130 valence electrons. The lowest BCUT2D eigenvalue weighted by Crippen LogP contribution is -2.48. The van der Waals surface area contributed by atoms with Gasteiger partial charge in [-0.15, -0.1) is 0 Å². The number of aliphatic hydroxyl groups is 2. The van der Waals surface area contributed by atoms with Crippen LogP contribution >= 0.6 is 0 Å². The van der Waals surface area contributed by atoms with Gasteiger partial charge in [-0.25, -0.2) is 0 Å². The summed E-state index contributed by atoms with van der Waals surface area (Å²) in [7, 11) is 0. The normalized spacial score (nSPS) is 52.4. The number of fused-ring (bicyclic) bond motifs is 5. The maximum absolute atomic E-state index is 12.1. The van der Waals surface area contributed by atoms with E-state index in [1.807, 2.05) is 6.92 Å². The molecule has 0 aromatic rings. The van der Waals surface area contributed by atoms with Gasteiger partial charge in [0, 0.05) is 5.92 Å². The van der Waals surface area contributed by atoms with Crippen molar-refractivity contribution in [3.05, 3.63) is 0 Å². The number of rotatable bonds is 2. The predicted molar refractivity (Wildman–Crippen MR) is 88.7 cm³/mol. The van der Waals surface area contributed by atoms with Crippen molar-refractivity contribution >= 4 is 5.78 Å². The van der Waals surface area contributed by atoms with Gasteiger partial charge in [-0.2, -0.15) is 0 Å². The van der Waals surface area contributed by atoms with E-state index in [9.17, 15) is 15.0 Å². The van der Waals surface area contributed by atoms with Crippen LogP contribution in [0.25, 0.3) is 0 Å². The summed E-state index contributed by atoms with van der Waals surface area (Å²) >= 11 is 0. The van der Waals surface area contributed by atoms with Gasteiger partial charge in [0.05, 0.1) is 5.60 Å². The summed E-state index contributed by atoms with van der Waals surface area (Å²) in [5.41, 5.74) is -0.433. The van der Waals surface area contributed by atoms with E-state index in [0.717, 1.165) is 48.9 Å². The maximum Gasteiger partial charge on any atom is 0.161 e. The second-order valence-corrected chi connectivity index (χ2v) is 9.28. The van der Waals surface area contributed by atoms with E-state index >= 15 is 0 Å². The highest BCUT2D eigenvalue weighted by atomic mass is 16.3. The first-order valence-corrected chi connectivity index (χ1v) is 9.86. The molecule has 0 amide bonds. The molecule has 4 rings (SSSR count). The molecule has 0 spiro atoms. The minimum absolute atomic E-state index is 0.0957. The lowest BCUT2D eigenvalue weighted by atomic mass is 9.52. The van der Waals surface area contributed by atoms with Gasteiger partial charge in [0.25, 0.3) is 0 Å². The molecule has 3 heteroatoms. The van der Waals surface area contributed by atoms with E-state index < -0.39 is 5.60 Å². The van der Waals surface area contributed by atoms with Crippen molar-refractivity contribution < 1.29 is 15.0 Å². The number of Topliss-reactive ketones (excluding diaryl/α,β-unsaturated/α-hetero) is 1. The van der Waals surface area contributed by atoms with Crippen LogP contribution in [0.1, 0.15) is 64.7 Å². The first-order valence-electron chi connectivity index (χ1n) is 9.86. The molecule has 4 saturated carbocycles. The Morgan fingerprint density at radius 2 is 1.52 bits per heavy atom. The summed E-state index contributed by atoms with van der Waals surface area (Å²) in [4.78, 5) is 12.1. The van der Waals surface area contributed by atoms with Crippen LogP contribution in [0.15, 0.2) is 0 Å². The number of ketones is 1. The number of carbonyl (C=O) groups excluding carboxylic acids is 1. The molecule has 0 aromatic heterocycles. The van der Waals surface area contributed by atoms with Crippen LogP contribution in [0, 0.1) is 41.4 Å². The zero-order valence-electron chi connectivity index (χ0n) is 14.4. The molecule has 0 radical (unpaired) electrons. The molecule has 23 heavy (non-hydrogen) atoms. The van der Waals surface area contributed by atoms with Gasteiger partial charge in [-0.3, -0.25) is 4.79 Å². The highest BCUT2D eigenvalue weighted by Gasteiger charge is 2.53. The van der Waals surface area contributed by atoms with E-state index in [1.54, 1.807) is 0 Å². The standard InChI is InChI=1S/C20H32O3/c1-20(23)9-8-13-12(10-20)2-3-15-14(13)4-5-17-16(15)6-7-18(17)19(22)11-21/h12-18,21,23H,2-11H2,1H3/t12-,13+,14-,15-,16+,17+,18+,20+/m1/s1. The van der Waals surface area contributed by atoms with E-state index in [0.29, 0.717) is 5.92 Å². The van der Waals surface area contributed by atoms with E-state index in [-0.39, 0.29) is 18.3 Å². The molecule has 0 unspecified atom stereocenters. The van der Waals surface area contributed by atoms with Crippen LogP contribution in [0.4, 0.5) is 0 Å². The monoisotopic (exact) mass is 320 g/mol. The fourth-order valence-corrected chi connectivity index (χ4v) is 7.26. The topological polar surface area (TPSA) is 57.5 Å². The van der Waals surface area contributed by atoms with Gasteiger partial charge in [0.15, 0.2) is 5.78 Å². The van der Waals surface area contributed by atoms with Crippen molar-refractivity contribution in [2.24, 2.45) is 41.4 Å². The SMILES string of the molecule is C[C@]1(O)CC[C@H]2[C@H](CC[C@@H]3[C@@H]2CC[C@H]2[C@H]3CC[C@@H]2C(=O)CO)C1. The summed E-state index contributed by atoms with van der Waals surface area (Å²) in [6, 6.07) is 0. The average molecular weight is 320 g/mol. The third-order valence-corrected chi connectivity index (χ3v) is 8.12. The molecule has 2 N–H and O–H groups in total. The fourth-order valence-electron chi connectivity index (χ4n) is 7.26. The van der Waals surface area contributed by atoms with Gasteiger partial charge in [-0.1, -0.05) is 0 Å². The number of aliphatic hydroxyl groups excluding tert-OH is 1. The molecule has 0 saturated heterocycles. The van der Waals surface area contributed by atoms with Crippen LogP contribution in [0.3, 0.4) is 0 Å². The zero-order valence-corrected chi connectivity index (χ0v) is 14.4. The van der Waals surface area contributed by atoms with Gasteiger partial charge in [0.2, 0.25) is 0 Å². The molecule has 0 bridgehead atoms. The Bertz CT molecular complexity index is 472. The fraction of sp³-hybridized carbons (Fsp3) is 0.950. The first kappa shape index (κ1) is 16.1. The Kier molecular flexibility index (Phi) is 4.08. The van der Waals surface area contributed by atoms with Gasteiger partial charge < -0.3 is 10.2 Å². The minimum atomic E-state index is -0.433. The summed E-state index contributed by atoms with van der Waals surface area (Å²) in [6.07, 6.45) is 10.5. The Labute approximate surface area is 139 Å². The molecule has 0 aromatic carbocycles. The molecule has 0 heterocycles. The van der Waals surface area contributed by atoms with Crippen LogP contribution in [0.5, 0.6) is 0 Å². The highest BCUT2D eigenvalue weighted by Crippen LogP contribution is 2.59. The molecule has 4 aliphatic carbocycles. The smallest absolute Gasteiger partial charge is 0.161 e. The number of hydrogen-bond acceptors (Lipinski definition) is 3. The third kappa shape index (κ3) is 2.68. The van der Waals surface area contributed by atoms with Crippen LogP contribution < -0.4 is 0 Å². The van der Waals surface area contributed by atoms with Crippen molar-refractivity contribution in [1.29, 1.82) is 0 Å². The molecular formula is C20H32O3. The van der Waals surface area contributed by atoms with Crippen molar-refractivity contribution in [3.63, 3.8) is 0 Å². The van der Waals surface area contributed by atoms with Crippen LogP contribution in [-0.2, 0) is 4.79 Å². The van der Waals surface area contributed by atoms with Crippen molar-refractivity contribution in [1.82, 2.24) is 0 Å². The van der Waals surface area contributed by atoms with E-state index in [2.05, 4.69) is 0 Å². The van der Waals surface area contributed by atoms with Crippen LogP contribution in [-0.4, -0.2) is 28.2 Å². The summed E-state index contributed by atoms with van der Waals surface area (Å²) in [5.74, 6) is 4.74. The molecule has 3 nitrogen and oxygen atoms in total. The Balaban J connectivity index is 1.49. The van der Waals surface area contributed by atoms with Crippen molar-refractivity contribution in [2.45, 2.75) is 70.3 Å². The van der Waals surface area contributed by atoms with E-state index in [4.69, 9.17) is 0 Å². The number of carbonyl (C=O) groups is 1. The van der Waals surface area contributed by atoms with Crippen LogP contribution in [0.2, 0.25) is 0 Å². The predicted octanol–water partition coefficient (Wildman–Crippen LogP) is 3.18. The Morgan fingerprint density at radius 1 is 0.913 bits per heavy atom. The Morgan fingerprint density at radius 3 is 2.30 bits per heavy atom. The summed E-state index contributed by atoms with van der Waals surface area (Å²) < 4.78 is 0. The lowest BCUT2D eigenvalue weighted by Gasteiger charge is -2.54. The van der Waals surface area contributed by atoms with E-state index in [1.165, 1.54) is 38.5 Å². The highest BCUT2D eigenvalue weighted by molar-refractivity contribution is 5.82. The quantitative estimate of drug-likeness (QED) is 0.821. The van der Waals surface area contributed by atoms with Gasteiger partial charge in [0.1, 0.15) is 6.61 Å². The maximum atomic E-state index is 12.1. The molecule has 4 aliphatic rings. The van der Waals surface area contributed by atoms with Crippen molar-refractivity contribution in [2.75, 3.05) is 6.61 Å². The Hall–Kier alpha value is -0.410. The zero-order chi connectivity index (χ0) is 16.2. The van der Waals surface area contributed by atoms with Crippen molar-refractivity contribution in [3.8, 4) is 0 Å². The first-order chi connectivity index (χ1) is 11.0. The average Bonchev–Trinajstić information content (AvgIpc) is 2.96. The second-order valence-electron chi connectivity index (χ2n) is 9.28. The number of hydrogen-bond donors (Lipinski definition) is 2. The molecule has 4 fully saturated rings. The summed E-state index contributed by atoms with van der Waals surface area (Å²) in [6.45, 7) is 1.76. The second kappa shape index (κ2) is 5.84. The minimum Gasteiger partial charge on any atom is -0.390 e.